The molecule has 7 nitrogen and oxygen atoms in total. The summed E-state index contributed by atoms with van der Waals surface area (Å²) in [5.41, 5.74) is 0.317. The summed E-state index contributed by atoms with van der Waals surface area (Å²) in [4.78, 5) is 11.8. The Bertz CT molecular complexity index is 398. The number of methoxy groups -OCH3 is 1. The van der Waals surface area contributed by atoms with E-state index in [0.29, 0.717) is 37.9 Å². The van der Waals surface area contributed by atoms with E-state index in [9.17, 15) is 4.79 Å². The van der Waals surface area contributed by atoms with Crippen LogP contribution >= 0.6 is 0 Å². The van der Waals surface area contributed by atoms with Gasteiger partial charge in [-0.15, -0.1) is 10.2 Å². The van der Waals surface area contributed by atoms with Crippen LogP contribution in [0.3, 0.4) is 0 Å². The maximum atomic E-state index is 11.8. The molecule has 0 radical (unpaired) electrons. The van der Waals surface area contributed by atoms with E-state index in [1.54, 1.807) is 19.2 Å². The highest BCUT2D eigenvalue weighted by Gasteiger charge is 2.07. The zero-order valence-corrected chi connectivity index (χ0v) is 12.7. The van der Waals surface area contributed by atoms with Crippen LogP contribution < -0.4 is 10.6 Å². The lowest BCUT2D eigenvalue weighted by Gasteiger charge is -2.06. The van der Waals surface area contributed by atoms with Gasteiger partial charge in [-0.1, -0.05) is 6.92 Å². The summed E-state index contributed by atoms with van der Waals surface area (Å²) >= 11 is 0. The van der Waals surface area contributed by atoms with Gasteiger partial charge in [-0.2, -0.15) is 0 Å². The number of hydrogen-bond donors (Lipinski definition) is 2. The van der Waals surface area contributed by atoms with Gasteiger partial charge >= 0.3 is 0 Å². The summed E-state index contributed by atoms with van der Waals surface area (Å²) < 4.78 is 10.2. The molecule has 0 atom stereocenters. The van der Waals surface area contributed by atoms with E-state index in [1.807, 2.05) is 0 Å². The number of anilines is 1. The molecule has 1 heterocycles. The van der Waals surface area contributed by atoms with Gasteiger partial charge in [0.2, 0.25) is 0 Å². The van der Waals surface area contributed by atoms with Crippen LogP contribution in [0.15, 0.2) is 12.1 Å². The van der Waals surface area contributed by atoms with Crippen LogP contribution in [0.5, 0.6) is 0 Å². The van der Waals surface area contributed by atoms with Crippen molar-refractivity contribution in [3.63, 3.8) is 0 Å². The Morgan fingerprint density at radius 3 is 2.71 bits per heavy atom. The number of hydrogen-bond acceptors (Lipinski definition) is 6. The normalized spacial score (nSPS) is 10.4. The Morgan fingerprint density at radius 2 is 2.05 bits per heavy atom. The zero-order chi connectivity index (χ0) is 15.3. The molecule has 118 valence electrons. The summed E-state index contributed by atoms with van der Waals surface area (Å²) in [7, 11) is 1.63. The molecular formula is C14H24N4O3. The molecule has 1 rings (SSSR count). The molecule has 7 heteroatoms. The van der Waals surface area contributed by atoms with Gasteiger partial charge in [0, 0.05) is 26.8 Å². The van der Waals surface area contributed by atoms with Crippen molar-refractivity contribution in [1.29, 1.82) is 0 Å². The fraction of sp³-hybridized carbons (Fsp3) is 0.643. The number of rotatable bonds is 11. The first-order valence-corrected chi connectivity index (χ1v) is 7.20. The fourth-order valence-corrected chi connectivity index (χ4v) is 1.51. The molecule has 0 aromatic carbocycles. The van der Waals surface area contributed by atoms with Gasteiger partial charge in [-0.25, -0.2) is 0 Å². The Labute approximate surface area is 125 Å². The third kappa shape index (κ3) is 7.57. The Kier molecular flexibility index (Phi) is 9.06. The maximum Gasteiger partial charge on any atom is 0.271 e. The Balaban J connectivity index is 2.19. The average molecular weight is 296 g/mol. The monoisotopic (exact) mass is 296 g/mol. The summed E-state index contributed by atoms with van der Waals surface area (Å²) in [6.07, 6.45) is 1.76. The molecular weight excluding hydrogens is 272 g/mol. The molecule has 0 spiro atoms. The molecule has 0 fully saturated rings. The maximum absolute atomic E-state index is 11.8. The highest BCUT2D eigenvalue weighted by atomic mass is 16.5. The standard InChI is InChI=1S/C14H24N4O3/c1-3-7-15-13-6-5-12(17-18-13)14(19)16-8-4-9-21-11-10-20-2/h5-6H,3-4,7-11H2,1-2H3,(H,15,18)(H,16,19). The van der Waals surface area contributed by atoms with Gasteiger partial charge in [0.1, 0.15) is 5.82 Å². The van der Waals surface area contributed by atoms with Crippen LogP contribution in [-0.2, 0) is 9.47 Å². The molecule has 2 N–H and O–H groups in total. The molecule has 0 aliphatic carbocycles. The zero-order valence-electron chi connectivity index (χ0n) is 12.7. The third-order valence-corrected chi connectivity index (χ3v) is 2.64. The fourth-order valence-electron chi connectivity index (χ4n) is 1.51. The van der Waals surface area contributed by atoms with Crippen molar-refractivity contribution in [2.75, 3.05) is 45.3 Å². The van der Waals surface area contributed by atoms with Crippen LogP contribution in [0.25, 0.3) is 0 Å². The van der Waals surface area contributed by atoms with E-state index < -0.39 is 0 Å². The SMILES string of the molecule is CCCNc1ccc(C(=O)NCCCOCCOC)nn1. The number of ether oxygens (including phenoxy) is 2. The van der Waals surface area contributed by atoms with Crippen LogP contribution in [-0.4, -0.2) is 56.1 Å². The lowest BCUT2D eigenvalue weighted by atomic mass is 10.3. The second-order valence-electron chi connectivity index (χ2n) is 4.45. The van der Waals surface area contributed by atoms with E-state index in [1.165, 1.54) is 0 Å². The molecule has 1 aromatic heterocycles. The van der Waals surface area contributed by atoms with Crippen LogP contribution in [0.2, 0.25) is 0 Å². The minimum atomic E-state index is -0.221. The van der Waals surface area contributed by atoms with Gasteiger partial charge in [0.25, 0.3) is 5.91 Å². The topological polar surface area (TPSA) is 85.4 Å². The summed E-state index contributed by atoms with van der Waals surface area (Å²) in [5.74, 6) is 0.460. The van der Waals surface area contributed by atoms with Crippen molar-refractivity contribution in [2.45, 2.75) is 19.8 Å². The van der Waals surface area contributed by atoms with Crippen molar-refractivity contribution in [1.82, 2.24) is 15.5 Å². The predicted molar refractivity (Wildman–Crippen MR) is 80.5 cm³/mol. The first-order valence-electron chi connectivity index (χ1n) is 7.20. The van der Waals surface area contributed by atoms with Crippen molar-refractivity contribution in [3.05, 3.63) is 17.8 Å². The summed E-state index contributed by atoms with van der Waals surface area (Å²) in [6.45, 7) is 5.20. The first kappa shape index (κ1) is 17.3. The number of amides is 1. The molecule has 0 unspecified atom stereocenters. The van der Waals surface area contributed by atoms with Gasteiger partial charge in [-0.3, -0.25) is 4.79 Å². The van der Waals surface area contributed by atoms with E-state index >= 15 is 0 Å². The second kappa shape index (κ2) is 11.0. The van der Waals surface area contributed by atoms with Gasteiger partial charge < -0.3 is 20.1 Å². The molecule has 0 aliphatic rings. The number of carbonyl (C=O) groups excluding carboxylic acids is 1. The van der Waals surface area contributed by atoms with E-state index in [4.69, 9.17) is 9.47 Å². The Hall–Kier alpha value is -1.73. The second-order valence-corrected chi connectivity index (χ2v) is 4.45. The molecule has 0 aliphatic heterocycles. The minimum absolute atomic E-state index is 0.221. The van der Waals surface area contributed by atoms with Crippen LogP contribution in [0, 0.1) is 0 Å². The Morgan fingerprint density at radius 1 is 1.19 bits per heavy atom. The van der Waals surface area contributed by atoms with Gasteiger partial charge in [0.05, 0.1) is 13.2 Å². The molecule has 1 amide bonds. The van der Waals surface area contributed by atoms with Gasteiger partial charge in [0.15, 0.2) is 5.69 Å². The number of carbonyl (C=O) groups is 1. The first-order chi connectivity index (χ1) is 10.3. The number of aromatic nitrogens is 2. The van der Waals surface area contributed by atoms with Crippen LogP contribution in [0.4, 0.5) is 5.82 Å². The van der Waals surface area contributed by atoms with Crippen molar-refractivity contribution in [3.8, 4) is 0 Å². The summed E-state index contributed by atoms with van der Waals surface area (Å²) in [5, 5.41) is 13.7. The molecule has 0 bridgehead atoms. The predicted octanol–water partition coefficient (Wildman–Crippen LogP) is 1.08. The molecule has 0 saturated carbocycles. The molecule has 0 saturated heterocycles. The van der Waals surface area contributed by atoms with Crippen molar-refractivity contribution in [2.24, 2.45) is 0 Å². The lowest BCUT2D eigenvalue weighted by Crippen LogP contribution is -2.26. The quantitative estimate of drug-likeness (QED) is 0.594. The summed E-state index contributed by atoms with van der Waals surface area (Å²) in [6, 6.07) is 3.42. The third-order valence-electron chi connectivity index (χ3n) is 2.64. The average Bonchev–Trinajstić information content (AvgIpc) is 2.52. The van der Waals surface area contributed by atoms with E-state index in [0.717, 1.165) is 19.4 Å². The van der Waals surface area contributed by atoms with Crippen molar-refractivity contribution < 1.29 is 14.3 Å². The lowest BCUT2D eigenvalue weighted by molar-refractivity contribution is 0.0688. The minimum Gasteiger partial charge on any atom is -0.382 e. The molecule has 21 heavy (non-hydrogen) atoms. The van der Waals surface area contributed by atoms with Crippen molar-refractivity contribution >= 4 is 11.7 Å². The van der Waals surface area contributed by atoms with Gasteiger partial charge in [-0.05, 0) is 25.0 Å². The number of nitrogens with one attached hydrogen (secondary N) is 2. The number of nitrogens with zero attached hydrogens (tertiary/aromatic N) is 2. The molecule has 1 aromatic rings. The highest BCUT2D eigenvalue weighted by molar-refractivity contribution is 5.92. The van der Waals surface area contributed by atoms with Crippen LogP contribution in [0.1, 0.15) is 30.3 Å². The smallest absolute Gasteiger partial charge is 0.271 e. The van der Waals surface area contributed by atoms with E-state index in [-0.39, 0.29) is 5.91 Å². The highest BCUT2D eigenvalue weighted by Crippen LogP contribution is 2.01. The largest absolute Gasteiger partial charge is 0.382 e. The van der Waals surface area contributed by atoms with E-state index in [2.05, 4.69) is 27.8 Å².